The number of rotatable bonds is 14. The van der Waals surface area contributed by atoms with Crippen molar-refractivity contribution in [1.29, 1.82) is 0 Å². The molecule has 0 spiro atoms. The Kier molecular flexibility index (Phi) is 10.0. The Morgan fingerprint density at radius 2 is 1.87 bits per heavy atom. The lowest BCUT2D eigenvalue weighted by Gasteiger charge is -2.36. The molecule has 0 unspecified atom stereocenters. The van der Waals surface area contributed by atoms with E-state index in [1.807, 2.05) is 0 Å². The van der Waals surface area contributed by atoms with Gasteiger partial charge in [-0.15, -0.1) is 0 Å². The van der Waals surface area contributed by atoms with Crippen molar-refractivity contribution in [2.45, 2.75) is 88.8 Å². The summed E-state index contributed by atoms with van der Waals surface area (Å²) in [6.07, 6.45) is 2.72. The fourth-order valence-corrected chi connectivity index (χ4v) is 8.01. The Labute approximate surface area is 303 Å². The number of methoxy groups -OCH3 is 1. The highest BCUT2D eigenvalue weighted by Crippen LogP contribution is 2.44. The van der Waals surface area contributed by atoms with Crippen LogP contribution in [0.15, 0.2) is 30.3 Å². The number of hydrogen-bond donors (Lipinski definition) is 1. The van der Waals surface area contributed by atoms with Gasteiger partial charge in [0.2, 0.25) is 5.88 Å². The van der Waals surface area contributed by atoms with E-state index < -0.39 is 31.7 Å². The van der Waals surface area contributed by atoms with E-state index in [4.69, 9.17) is 33.3 Å². The lowest BCUT2D eigenvalue weighted by atomic mass is 9.95. The molecule has 4 aromatic rings. The number of halogens is 3. The van der Waals surface area contributed by atoms with Crippen LogP contribution in [-0.2, 0) is 9.16 Å². The number of benzene rings is 2. The number of anilines is 1. The van der Waals surface area contributed by atoms with E-state index in [2.05, 4.69) is 49.1 Å². The maximum Gasteiger partial charge on any atom is 0.319 e. The highest BCUT2D eigenvalue weighted by Gasteiger charge is 2.49. The molecule has 3 fully saturated rings. The Bertz CT molecular complexity index is 1960. The molecule has 1 N–H and O–H groups in total. The molecular weight excluding hydrogens is 692 g/mol. The second-order valence-corrected chi connectivity index (χ2v) is 20.6. The van der Waals surface area contributed by atoms with Crippen LogP contribution in [0.2, 0.25) is 18.1 Å². The zero-order valence-electron chi connectivity index (χ0n) is 30.8. The van der Waals surface area contributed by atoms with Gasteiger partial charge in [0.1, 0.15) is 52.9 Å². The van der Waals surface area contributed by atoms with Gasteiger partial charge in [-0.25, -0.2) is 18.2 Å². The largest absolute Gasteiger partial charge is 0.474 e. The predicted octanol–water partition coefficient (Wildman–Crippen LogP) is 8.04. The summed E-state index contributed by atoms with van der Waals surface area (Å²) in [6.45, 7) is 13.0. The number of ether oxygens (including phenoxy) is 4. The van der Waals surface area contributed by atoms with Gasteiger partial charge in [0.15, 0.2) is 20.9 Å². The number of alkyl halides is 1. The summed E-state index contributed by atoms with van der Waals surface area (Å²) in [5, 5.41) is 4.69. The third kappa shape index (κ3) is 7.39. The van der Waals surface area contributed by atoms with Crippen molar-refractivity contribution in [3.8, 4) is 28.9 Å². The second kappa shape index (κ2) is 14.3. The molecule has 0 radical (unpaired) electrons. The van der Waals surface area contributed by atoms with Crippen molar-refractivity contribution < 1.29 is 36.5 Å². The first-order valence-electron chi connectivity index (χ1n) is 18.1. The van der Waals surface area contributed by atoms with Gasteiger partial charge in [-0.05, 0) is 85.4 Å². The van der Waals surface area contributed by atoms with Crippen LogP contribution in [0.5, 0.6) is 17.6 Å². The number of hydrogen-bond acceptors (Lipinski definition) is 10. The monoisotopic (exact) mass is 739 g/mol. The van der Waals surface area contributed by atoms with E-state index in [-0.39, 0.29) is 58.8 Å². The fraction of sp³-hybridized carbons (Fsp3) is 0.553. The predicted molar refractivity (Wildman–Crippen MR) is 197 cm³/mol. The van der Waals surface area contributed by atoms with Gasteiger partial charge >= 0.3 is 6.01 Å². The molecule has 4 heterocycles. The molecule has 2 saturated heterocycles. The van der Waals surface area contributed by atoms with E-state index >= 15 is 4.39 Å². The Hall–Kier alpha value is -3.72. The first-order valence-corrected chi connectivity index (χ1v) is 21.0. The summed E-state index contributed by atoms with van der Waals surface area (Å²) in [5.74, 6) is -0.414. The standard InChI is InChI=1S/C38H48F3N5O5Si/c1-37(2,3)52(5,6)50-15-13-42-34-30-33(44-36(45-34)48-21-38-12-7-14-46(38)20-25(40)19-38)31(41)32(43-35(30)51-26-10-11-26)29-18-27(49-22-47-4)16-23-8-9-24(39)17-28(23)29/h8-9,16-18,25-26H,7,10-15,19-22H2,1-6H3,(H,42,44,45)/t25-,38+/m1/s1. The molecule has 52 heavy (non-hydrogen) atoms. The average Bonchev–Trinajstić information content (AvgIpc) is 3.75. The lowest BCUT2D eigenvalue weighted by Crippen LogP contribution is -2.43. The van der Waals surface area contributed by atoms with Crippen molar-refractivity contribution in [3.63, 3.8) is 0 Å². The quantitative estimate of drug-likeness (QED) is 0.0778. The fourth-order valence-electron chi connectivity index (χ4n) is 6.97. The molecule has 2 aromatic heterocycles. The zero-order valence-corrected chi connectivity index (χ0v) is 31.8. The van der Waals surface area contributed by atoms with E-state index in [1.54, 1.807) is 18.2 Å². The van der Waals surface area contributed by atoms with Crippen LogP contribution in [0.1, 0.15) is 52.9 Å². The summed E-state index contributed by atoms with van der Waals surface area (Å²) < 4.78 is 76.4. The van der Waals surface area contributed by atoms with Crippen molar-refractivity contribution in [1.82, 2.24) is 19.9 Å². The third-order valence-electron chi connectivity index (χ3n) is 10.9. The van der Waals surface area contributed by atoms with E-state index in [0.717, 1.165) is 32.2 Å². The topological polar surface area (TPSA) is 100 Å². The molecule has 2 aliphatic heterocycles. The van der Waals surface area contributed by atoms with Gasteiger partial charge in [-0.2, -0.15) is 9.97 Å². The molecule has 280 valence electrons. The average molecular weight is 740 g/mol. The summed E-state index contributed by atoms with van der Waals surface area (Å²) in [4.78, 5) is 16.3. The molecule has 2 aromatic carbocycles. The van der Waals surface area contributed by atoms with Crippen LogP contribution in [0.25, 0.3) is 32.9 Å². The highest BCUT2D eigenvalue weighted by atomic mass is 28.4. The van der Waals surface area contributed by atoms with Crippen LogP contribution in [0.3, 0.4) is 0 Å². The van der Waals surface area contributed by atoms with Crippen LogP contribution in [0, 0.1) is 11.6 Å². The van der Waals surface area contributed by atoms with Crippen molar-refractivity contribution in [2.24, 2.45) is 0 Å². The highest BCUT2D eigenvalue weighted by molar-refractivity contribution is 6.74. The van der Waals surface area contributed by atoms with E-state index in [0.29, 0.717) is 48.2 Å². The SMILES string of the molecule is COCOc1cc(-c2nc(OC3CC3)c3c(NCCO[Si](C)(C)C(C)(C)C)nc(OC[C@@]45CCCN4C[C@H](F)C5)nc3c2F)c2cc(F)ccc2c1. The minimum absolute atomic E-state index is 0.0235. The summed E-state index contributed by atoms with van der Waals surface area (Å²) in [5.41, 5.74) is -0.324. The molecule has 1 aliphatic carbocycles. The minimum Gasteiger partial charge on any atom is -0.474 e. The minimum atomic E-state index is -2.05. The lowest BCUT2D eigenvalue weighted by molar-refractivity contribution is 0.0512. The van der Waals surface area contributed by atoms with Crippen molar-refractivity contribution in [2.75, 3.05) is 52.1 Å². The van der Waals surface area contributed by atoms with Gasteiger partial charge in [-0.3, -0.25) is 4.90 Å². The molecule has 14 heteroatoms. The Morgan fingerprint density at radius 1 is 1.06 bits per heavy atom. The van der Waals surface area contributed by atoms with Crippen LogP contribution >= 0.6 is 0 Å². The molecule has 0 bridgehead atoms. The van der Waals surface area contributed by atoms with Gasteiger partial charge in [0, 0.05) is 32.2 Å². The molecular formula is C38H48F3N5O5Si. The number of fused-ring (bicyclic) bond motifs is 3. The smallest absolute Gasteiger partial charge is 0.319 e. The molecule has 10 nitrogen and oxygen atoms in total. The normalized spacial score (nSPS) is 20.8. The van der Waals surface area contributed by atoms with Crippen LogP contribution < -0.4 is 19.5 Å². The Morgan fingerprint density at radius 3 is 2.62 bits per heavy atom. The number of nitrogens with one attached hydrogen (secondary N) is 1. The summed E-state index contributed by atoms with van der Waals surface area (Å²) >= 11 is 0. The molecule has 3 aliphatic rings. The maximum absolute atomic E-state index is 17.2. The summed E-state index contributed by atoms with van der Waals surface area (Å²) in [6, 6.07) is 7.57. The third-order valence-corrected chi connectivity index (χ3v) is 15.5. The molecule has 0 amide bonds. The van der Waals surface area contributed by atoms with Gasteiger partial charge in [0.25, 0.3) is 0 Å². The first-order chi connectivity index (χ1) is 24.8. The van der Waals surface area contributed by atoms with E-state index in [9.17, 15) is 8.78 Å². The van der Waals surface area contributed by atoms with Crippen molar-refractivity contribution in [3.05, 3.63) is 42.0 Å². The van der Waals surface area contributed by atoms with Crippen LogP contribution in [-0.4, -0.2) is 92.7 Å². The van der Waals surface area contributed by atoms with Crippen LogP contribution in [0.4, 0.5) is 19.0 Å². The number of pyridine rings is 1. The van der Waals surface area contributed by atoms with Gasteiger partial charge in [-0.1, -0.05) is 26.8 Å². The zero-order chi connectivity index (χ0) is 36.8. The van der Waals surface area contributed by atoms with Gasteiger partial charge in [0.05, 0.1) is 12.1 Å². The molecule has 7 rings (SSSR count). The Balaban J connectivity index is 1.34. The molecule has 2 atom stereocenters. The second-order valence-electron chi connectivity index (χ2n) is 15.8. The first kappa shape index (κ1) is 36.6. The van der Waals surface area contributed by atoms with Gasteiger partial charge < -0.3 is 28.7 Å². The van der Waals surface area contributed by atoms with E-state index in [1.165, 1.54) is 19.2 Å². The molecule has 1 saturated carbocycles. The summed E-state index contributed by atoms with van der Waals surface area (Å²) in [7, 11) is -0.547. The van der Waals surface area contributed by atoms with Crippen molar-refractivity contribution >= 4 is 35.8 Å². The number of aromatic nitrogens is 3. The number of nitrogens with zero attached hydrogens (tertiary/aromatic N) is 4. The maximum atomic E-state index is 17.2.